The molecule has 1 atom stereocenters. The molecule has 224 valence electrons. The second kappa shape index (κ2) is 13.5. The summed E-state index contributed by atoms with van der Waals surface area (Å²) in [6, 6.07) is 13.2. The number of anilines is 1. The van der Waals surface area contributed by atoms with Gasteiger partial charge in [0.15, 0.2) is 0 Å². The minimum absolute atomic E-state index is 0.0187. The van der Waals surface area contributed by atoms with Gasteiger partial charge >= 0.3 is 0 Å². The van der Waals surface area contributed by atoms with Crippen molar-refractivity contribution in [2.45, 2.75) is 72.0 Å². The van der Waals surface area contributed by atoms with Gasteiger partial charge in [-0.25, -0.2) is 4.99 Å². The summed E-state index contributed by atoms with van der Waals surface area (Å²) in [5.74, 6) is -0.850. The molecule has 2 aromatic carbocycles. The number of dihydropyridines is 1. The van der Waals surface area contributed by atoms with Gasteiger partial charge in [0.25, 0.3) is 11.8 Å². The van der Waals surface area contributed by atoms with Crippen LogP contribution in [0.2, 0.25) is 0 Å². The third-order valence-electron chi connectivity index (χ3n) is 8.48. The van der Waals surface area contributed by atoms with E-state index in [2.05, 4.69) is 76.9 Å². The van der Waals surface area contributed by atoms with E-state index in [4.69, 9.17) is 0 Å². The Bertz CT molecular complexity index is 1380. The summed E-state index contributed by atoms with van der Waals surface area (Å²) in [4.78, 5) is 46.3. The van der Waals surface area contributed by atoms with E-state index in [-0.39, 0.29) is 30.3 Å². The highest BCUT2D eigenvalue weighted by Gasteiger charge is 2.28. The van der Waals surface area contributed by atoms with Gasteiger partial charge in [-0.2, -0.15) is 0 Å². The van der Waals surface area contributed by atoms with Crippen LogP contribution in [0.25, 0.3) is 11.1 Å². The van der Waals surface area contributed by atoms with Crippen LogP contribution in [0, 0.1) is 12.8 Å². The third kappa shape index (κ3) is 7.53. The van der Waals surface area contributed by atoms with Gasteiger partial charge in [0.05, 0.1) is 5.92 Å². The number of hydrogen-bond donors (Lipinski definition) is 2. The first-order valence-corrected chi connectivity index (χ1v) is 14.9. The Hall–Kier alpha value is -3.78. The molecular formula is C34H45N5O3. The quantitative estimate of drug-likeness (QED) is 0.447. The van der Waals surface area contributed by atoms with Crippen LogP contribution in [0.1, 0.15) is 67.9 Å². The number of carbonyl (C=O) groups excluding carboxylic acids is 3. The lowest BCUT2D eigenvalue weighted by atomic mass is 9.89. The van der Waals surface area contributed by atoms with Gasteiger partial charge in [-0.1, -0.05) is 29.8 Å². The van der Waals surface area contributed by atoms with Crippen molar-refractivity contribution < 1.29 is 14.4 Å². The average Bonchev–Trinajstić information content (AvgIpc) is 2.92. The molecule has 2 N–H and O–H groups in total. The van der Waals surface area contributed by atoms with E-state index in [0.717, 1.165) is 60.2 Å². The van der Waals surface area contributed by atoms with Crippen LogP contribution in [0.3, 0.4) is 0 Å². The Morgan fingerprint density at radius 3 is 2.21 bits per heavy atom. The van der Waals surface area contributed by atoms with E-state index >= 15 is 0 Å². The van der Waals surface area contributed by atoms with Gasteiger partial charge in [-0.3, -0.25) is 14.4 Å². The van der Waals surface area contributed by atoms with Crippen LogP contribution in [0.5, 0.6) is 0 Å². The first-order chi connectivity index (χ1) is 19.9. The number of hydrogen-bond acceptors (Lipinski definition) is 5. The molecule has 1 aliphatic carbocycles. The molecule has 1 heterocycles. The molecule has 2 aliphatic rings. The standard InChI is InChI=1S/C34H45N5O3/c1-21-16-22(2)36-34(42)31(21)19-35-33(41)30-17-27(26-10-8-25(9-11-26)20-38(5)6)18-32(23(30)3)39(7)29-14-12-28(13-15-29)37-24(4)40/h8-11,16-18,28-29,31H,12-15,19-20H2,1-7H3,(H,35,41)(H,37,40). The minimum atomic E-state index is -0.452. The van der Waals surface area contributed by atoms with Gasteiger partial charge in [-0.05, 0) is 101 Å². The van der Waals surface area contributed by atoms with E-state index in [1.807, 2.05) is 32.9 Å². The minimum Gasteiger partial charge on any atom is -0.371 e. The summed E-state index contributed by atoms with van der Waals surface area (Å²) >= 11 is 0. The zero-order chi connectivity index (χ0) is 30.6. The second-order valence-corrected chi connectivity index (χ2v) is 12.2. The molecule has 1 saturated carbocycles. The van der Waals surface area contributed by atoms with Gasteiger partial charge in [0.1, 0.15) is 0 Å². The molecule has 0 aromatic heterocycles. The number of amides is 3. The average molecular weight is 572 g/mol. The zero-order valence-corrected chi connectivity index (χ0v) is 26.1. The number of nitrogens with zero attached hydrogens (tertiary/aromatic N) is 3. The van der Waals surface area contributed by atoms with Crippen molar-refractivity contribution in [2.24, 2.45) is 10.9 Å². The molecular weight excluding hydrogens is 526 g/mol. The van der Waals surface area contributed by atoms with Gasteiger partial charge < -0.3 is 20.4 Å². The summed E-state index contributed by atoms with van der Waals surface area (Å²) in [5.41, 5.74) is 7.36. The predicted molar refractivity (Wildman–Crippen MR) is 170 cm³/mol. The first kappa shape index (κ1) is 31.2. The number of carbonyl (C=O) groups is 3. The van der Waals surface area contributed by atoms with Gasteiger partial charge in [0.2, 0.25) is 5.91 Å². The van der Waals surface area contributed by atoms with E-state index < -0.39 is 5.92 Å². The lowest BCUT2D eigenvalue weighted by Gasteiger charge is -2.37. The summed E-state index contributed by atoms with van der Waals surface area (Å²) in [6.45, 7) is 8.35. The molecule has 42 heavy (non-hydrogen) atoms. The highest BCUT2D eigenvalue weighted by molar-refractivity contribution is 6.06. The van der Waals surface area contributed by atoms with Crippen molar-refractivity contribution >= 4 is 29.1 Å². The number of rotatable bonds is 9. The Morgan fingerprint density at radius 2 is 1.62 bits per heavy atom. The fourth-order valence-electron chi connectivity index (χ4n) is 6.17. The van der Waals surface area contributed by atoms with Crippen LogP contribution in [0.4, 0.5) is 5.69 Å². The molecule has 2 aromatic rings. The van der Waals surface area contributed by atoms with E-state index in [1.165, 1.54) is 5.56 Å². The van der Waals surface area contributed by atoms with Crippen molar-refractivity contribution in [1.82, 2.24) is 15.5 Å². The summed E-state index contributed by atoms with van der Waals surface area (Å²) in [5, 5.41) is 6.09. The van der Waals surface area contributed by atoms with Crippen molar-refractivity contribution in [3.8, 4) is 11.1 Å². The largest absolute Gasteiger partial charge is 0.371 e. The normalized spacial score (nSPS) is 20.6. The molecule has 8 heteroatoms. The maximum atomic E-state index is 13.7. The molecule has 1 unspecified atom stereocenters. The Morgan fingerprint density at radius 1 is 0.952 bits per heavy atom. The molecule has 1 aliphatic heterocycles. The van der Waals surface area contributed by atoms with Crippen molar-refractivity contribution in [3.05, 3.63) is 64.7 Å². The number of allylic oxidation sites excluding steroid dienone is 1. The molecule has 0 radical (unpaired) electrons. The van der Waals surface area contributed by atoms with Crippen LogP contribution in [-0.4, -0.2) is 68.1 Å². The topological polar surface area (TPSA) is 94.1 Å². The lowest BCUT2D eigenvalue weighted by Crippen LogP contribution is -2.42. The van der Waals surface area contributed by atoms with Crippen LogP contribution in [0.15, 0.2) is 53.0 Å². The van der Waals surface area contributed by atoms with Crippen molar-refractivity contribution in [2.75, 3.05) is 32.6 Å². The van der Waals surface area contributed by atoms with Gasteiger partial charge in [-0.15, -0.1) is 0 Å². The maximum absolute atomic E-state index is 13.7. The SMILES string of the molecule is CC(=O)NC1CCC(N(C)c2cc(-c3ccc(CN(C)C)cc3)cc(C(=O)NCC3C(=O)N=C(C)C=C3C)c2C)CC1. The molecule has 8 nitrogen and oxygen atoms in total. The highest BCUT2D eigenvalue weighted by atomic mass is 16.2. The lowest BCUT2D eigenvalue weighted by molar-refractivity contribution is -0.121. The fraction of sp³-hybridized carbons (Fsp3) is 0.471. The smallest absolute Gasteiger partial charge is 0.254 e. The van der Waals surface area contributed by atoms with Gasteiger partial charge in [0, 0.05) is 56.1 Å². The second-order valence-electron chi connectivity index (χ2n) is 12.2. The fourth-order valence-corrected chi connectivity index (χ4v) is 6.17. The van der Waals surface area contributed by atoms with Crippen molar-refractivity contribution in [1.29, 1.82) is 0 Å². The summed E-state index contributed by atoms with van der Waals surface area (Å²) in [6.07, 6.45) is 5.68. The third-order valence-corrected chi connectivity index (χ3v) is 8.48. The highest BCUT2D eigenvalue weighted by Crippen LogP contribution is 2.34. The van der Waals surface area contributed by atoms with Crippen molar-refractivity contribution in [3.63, 3.8) is 0 Å². The first-order valence-electron chi connectivity index (χ1n) is 14.9. The Kier molecular flexibility index (Phi) is 9.99. The summed E-state index contributed by atoms with van der Waals surface area (Å²) in [7, 11) is 6.21. The molecule has 4 rings (SSSR count). The predicted octanol–water partition coefficient (Wildman–Crippen LogP) is 4.90. The van der Waals surface area contributed by atoms with Crippen LogP contribution in [-0.2, 0) is 16.1 Å². The number of benzene rings is 2. The molecule has 0 saturated heterocycles. The number of nitrogens with one attached hydrogen (secondary N) is 2. The molecule has 0 spiro atoms. The molecule has 1 fully saturated rings. The monoisotopic (exact) mass is 571 g/mol. The zero-order valence-electron chi connectivity index (χ0n) is 26.1. The number of aliphatic imine (C=N–C) groups is 1. The maximum Gasteiger partial charge on any atom is 0.254 e. The van der Waals surface area contributed by atoms with E-state index in [1.54, 1.807) is 6.92 Å². The molecule has 3 amide bonds. The van der Waals surface area contributed by atoms with Crippen LogP contribution < -0.4 is 15.5 Å². The van der Waals surface area contributed by atoms with E-state index in [0.29, 0.717) is 17.3 Å². The van der Waals surface area contributed by atoms with Crippen LogP contribution >= 0.6 is 0 Å². The molecule has 0 bridgehead atoms. The Labute approximate surface area is 250 Å². The Balaban J connectivity index is 1.63. The summed E-state index contributed by atoms with van der Waals surface area (Å²) < 4.78 is 0. The van der Waals surface area contributed by atoms with E-state index in [9.17, 15) is 14.4 Å².